The Bertz CT molecular complexity index is 365. The van der Waals surface area contributed by atoms with Crippen molar-refractivity contribution in [3.63, 3.8) is 0 Å². The molecule has 0 aromatic heterocycles. The first-order chi connectivity index (χ1) is 7.37. The van der Waals surface area contributed by atoms with Gasteiger partial charge in [0.25, 0.3) is 0 Å². The van der Waals surface area contributed by atoms with Crippen LogP contribution < -0.4 is 18.9 Å². The van der Waals surface area contributed by atoms with Gasteiger partial charge in [0.15, 0.2) is 0 Å². The predicted molar refractivity (Wildman–Crippen MR) is 62.5 cm³/mol. The molecule has 4 heteroatoms. The fourth-order valence-electron chi connectivity index (χ4n) is 1.54. The summed E-state index contributed by atoms with van der Waals surface area (Å²) in [4.78, 5) is 11.6. The van der Waals surface area contributed by atoms with E-state index in [0.717, 1.165) is 6.42 Å². The molecule has 0 saturated carbocycles. The summed E-state index contributed by atoms with van der Waals surface area (Å²) >= 11 is 0. The number of rotatable bonds is 2. The van der Waals surface area contributed by atoms with E-state index < -0.39 is 11.0 Å². The number of nitriles is 1. The summed E-state index contributed by atoms with van der Waals surface area (Å²) in [5.74, 6) is -0.342. The van der Waals surface area contributed by atoms with Gasteiger partial charge >= 0.3 is 24.8 Å². The third kappa shape index (κ3) is 5.26. The molecule has 1 aliphatic rings. The molecule has 88 valence electrons. The Morgan fingerprint density at radius 3 is 2.41 bits per heavy atom. The van der Waals surface area contributed by atoms with Crippen LogP contribution in [0.25, 0.3) is 0 Å². The Balaban J connectivity index is 0. The zero-order chi connectivity index (χ0) is 12.2. The summed E-state index contributed by atoms with van der Waals surface area (Å²) < 4.78 is 5.21. The van der Waals surface area contributed by atoms with E-state index in [0.29, 0.717) is 0 Å². The van der Waals surface area contributed by atoms with Gasteiger partial charge in [-0.2, -0.15) is 5.26 Å². The van der Waals surface area contributed by atoms with Crippen molar-refractivity contribution >= 4 is 5.97 Å². The van der Waals surface area contributed by atoms with Gasteiger partial charge in [0, 0.05) is 0 Å². The molecule has 0 fully saturated rings. The maximum absolute atomic E-state index is 11.6. The Hall–Kier alpha value is -0.963. The van der Waals surface area contributed by atoms with Crippen molar-refractivity contribution in [3.05, 3.63) is 24.3 Å². The summed E-state index contributed by atoms with van der Waals surface area (Å²) in [6, 6.07) is 2.16. The van der Waals surface area contributed by atoms with Gasteiger partial charge in [0.05, 0.1) is 12.5 Å². The Labute approximate surface area is 116 Å². The third-order valence-corrected chi connectivity index (χ3v) is 2.17. The first-order valence-electron chi connectivity index (χ1n) is 5.35. The topological polar surface area (TPSA) is 50.1 Å². The van der Waals surface area contributed by atoms with Gasteiger partial charge in [-0.15, -0.1) is 0 Å². The third-order valence-electron chi connectivity index (χ3n) is 2.17. The number of carbonyl (C=O) groups is 1. The first kappa shape index (κ1) is 16.0. The van der Waals surface area contributed by atoms with Gasteiger partial charge in [0.1, 0.15) is 11.0 Å². The molecular weight excluding hydrogens is 209 g/mol. The predicted octanol–water partition coefficient (Wildman–Crippen LogP) is -0.139. The molecule has 17 heavy (non-hydrogen) atoms. The normalized spacial score (nSPS) is 16.8. The molecule has 1 rings (SSSR count). The second-order valence-corrected chi connectivity index (χ2v) is 4.96. The van der Waals surface area contributed by atoms with Crippen molar-refractivity contribution in [2.24, 2.45) is 5.41 Å². The van der Waals surface area contributed by atoms with Crippen LogP contribution in [0.3, 0.4) is 0 Å². The van der Waals surface area contributed by atoms with E-state index in [4.69, 9.17) is 10.00 Å². The minimum Gasteiger partial charge on any atom is -1.00 e. The number of hydrogen-bond acceptors (Lipinski definition) is 3. The fourth-order valence-corrected chi connectivity index (χ4v) is 1.54. The smallest absolute Gasteiger partial charge is 1.00 e. The van der Waals surface area contributed by atoms with Crippen LogP contribution in [0.2, 0.25) is 0 Å². The molecule has 3 nitrogen and oxygen atoms in total. The molecule has 1 aliphatic carbocycles. The number of carbonyl (C=O) groups excluding carboxylic acids is 1. The van der Waals surface area contributed by atoms with Gasteiger partial charge in [-0.3, -0.25) is 4.79 Å². The SMILES string of the molecule is CC(C)(C)OC(=O)CC1(C#N)C=CCC=C1.[H-].[Li+]. The molecule has 0 amide bonds. The van der Waals surface area contributed by atoms with Gasteiger partial charge in [-0.25, -0.2) is 0 Å². The quantitative estimate of drug-likeness (QED) is 0.375. The average molecular weight is 227 g/mol. The van der Waals surface area contributed by atoms with Crippen molar-refractivity contribution in [2.45, 2.75) is 39.2 Å². The van der Waals surface area contributed by atoms with Crippen molar-refractivity contribution in [3.8, 4) is 6.07 Å². The van der Waals surface area contributed by atoms with Crippen LogP contribution in [0.5, 0.6) is 0 Å². The van der Waals surface area contributed by atoms with Crippen LogP contribution in [0.1, 0.15) is 35.0 Å². The minimum atomic E-state index is -0.819. The van der Waals surface area contributed by atoms with E-state index in [1.54, 1.807) is 12.2 Å². The van der Waals surface area contributed by atoms with E-state index in [2.05, 4.69) is 6.07 Å². The van der Waals surface area contributed by atoms with E-state index in [1.165, 1.54) is 0 Å². The van der Waals surface area contributed by atoms with Crippen molar-refractivity contribution in [2.75, 3.05) is 0 Å². The number of ether oxygens (including phenoxy) is 1. The van der Waals surface area contributed by atoms with Crippen molar-refractivity contribution in [1.29, 1.82) is 5.26 Å². The van der Waals surface area contributed by atoms with E-state index >= 15 is 0 Å². The molecule has 0 heterocycles. The van der Waals surface area contributed by atoms with Gasteiger partial charge in [0.2, 0.25) is 0 Å². The molecule has 0 bridgehead atoms. The summed E-state index contributed by atoms with van der Waals surface area (Å²) in [6.07, 6.45) is 8.24. The van der Waals surface area contributed by atoms with Crippen molar-refractivity contribution in [1.82, 2.24) is 0 Å². The molecule has 0 aromatic rings. The zero-order valence-corrected chi connectivity index (χ0v) is 11.0. The standard InChI is InChI=1S/C13H17NO2.Li.H/c1-12(2,3)16-11(15)9-13(10-14)7-5-4-6-8-13;;/h5-8H,4,9H2,1-3H3;;/q;+1;-1. The number of hydrogen-bond donors (Lipinski definition) is 0. The number of nitrogens with zero attached hydrogens (tertiary/aromatic N) is 1. The summed E-state index contributed by atoms with van der Waals surface area (Å²) in [7, 11) is 0. The molecule has 0 aromatic carbocycles. The van der Waals surface area contributed by atoms with Gasteiger partial charge in [-0.1, -0.05) is 24.3 Å². The molecule has 0 saturated heterocycles. The van der Waals surface area contributed by atoms with Crippen LogP contribution in [0.4, 0.5) is 0 Å². The largest absolute Gasteiger partial charge is 1.00 e. The number of esters is 1. The molecule has 0 spiro atoms. The average Bonchev–Trinajstić information content (AvgIpc) is 2.16. The Morgan fingerprint density at radius 2 is 2.00 bits per heavy atom. The molecule has 0 atom stereocenters. The van der Waals surface area contributed by atoms with Crippen LogP contribution in [0, 0.1) is 16.7 Å². The summed E-state index contributed by atoms with van der Waals surface area (Å²) in [5, 5.41) is 9.13. The summed E-state index contributed by atoms with van der Waals surface area (Å²) in [5.41, 5.74) is -1.32. The molecule has 0 radical (unpaired) electrons. The Morgan fingerprint density at radius 1 is 1.47 bits per heavy atom. The molecular formula is C13H18LiNO2. The monoisotopic (exact) mass is 227 g/mol. The number of allylic oxidation sites excluding steroid dienone is 4. The van der Waals surface area contributed by atoms with Gasteiger partial charge < -0.3 is 6.16 Å². The second-order valence-electron chi connectivity index (χ2n) is 4.96. The van der Waals surface area contributed by atoms with Crippen LogP contribution in [-0.4, -0.2) is 11.6 Å². The maximum Gasteiger partial charge on any atom is 1.00 e. The fraction of sp³-hybridized carbons (Fsp3) is 0.538. The Kier molecular flexibility index (Phi) is 5.76. The minimum absolute atomic E-state index is 0. The van der Waals surface area contributed by atoms with E-state index in [1.807, 2.05) is 32.9 Å². The van der Waals surface area contributed by atoms with Crippen LogP contribution in [-0.2, 0) is 9.53 Å². The van der Waals surface area contributed by atoms with Crippen LogP contribution >= 0.6 is 0 Å². The molecule has 0 unspecified atom stereocenters. The van der Waals surface area contributed by atoms with E-state index in [-0.39, 0.29) is 32.7 Å². The van der Waals surface area contributed by atoms with Crippen molar-refractivity contribution < 1.29 is 29.8 Å². The molecule has 0 aliphatic heterocycles. The van der Waals surface area contributed by atoms with Crippen LogP contribution in [0.15, 0.2) is 24.3 Å². The van der Waals surface area contributed by atoms with E-state index in [9.17, 15) is 4.79 Å². The summed E-state index contributed by atoms with van der Waals surface area (Å²) in [6.45, 7) is 5.45. The first-order valence-corrected chi connectivity index (χ1v) is 5.35. The molecule has 0 N–H and O–H groups in total. The van der Waals surface area contributed by atoms with Gasteiger partial charge in [-0.05, 0) is 27.2 Å². The second kappa shape index (κ2) is 6.10. The zero-order valence-electron chi connectivity index (χ0n) is 12.0. The maximum atomic E-state index is 11.6.